The molecule has 1 aromatic rings. The van der Waals surface area contributed by atoms with Gasteiger partial charge in [-0.1, -0.05) is 12.1 Å². The Morgan fingerprint density at radius 1 is 1.04 bits per heavy atom. The van der Waals surface area contributed by atoms with Gasteiger partial charge < -0.3 is 19.9 Å². The van der Waals surface area contributed by atoms with E-state index in [-0.39, 0.29) is 31.1 Å². The van der Waals surface area contributed by atoms with Crippen molar-refractivity contribution in [3.63, 3.8) is 0 Å². The maximum Gasteiger partial charge on any atom is 0.332 e. The third kappa shape index (κ3) is 10.7. The third-order valence-corrected chi connectivity index (χ3v) is 3.49. The van der Waals surface area contributed by atoms with Crippen molar-refractivity contribution < 1.29 is 33.8 Å². The van der Waals surface area contributed by atoms with E-state index in [2.05, 4.69) is 16.0 Å². The highest BCUT2D eigenvalue weighted by molar-refractivity contribution is 5.93. The lowest BCUT2D eigenvalue weighted by molar-refractivity contribution is -0.153. The zero-order valence-corrected chi connectivity index (χ0v) is 15.4. The Bertz CT molecular complexity index is 719. The number of amides is 1. The van der Waals surface area contributed by atoms with Crippen LogP contribution in [0.4, 0.5) is 5.69 Å². The Morgan fingerprint density at radius 3 is 2.39 bits per heavy atom. The maximum absolute atomic E-state index is 11.9. The standard InChI is InChI=1S/C20H23NO7/c1-2-3-4-5-17(22)10-11-18(23)21-16-8-6-15(7-9-16)12-28-20(26)14-27-13-19(24)25/h1,6-9H,3-5,10-14H2,(H,21,23)(H,24,25). The van der Waals surface area contributed by atoms with E-state index in [1.807, 2.05) is 0 Å². The second kappa shape index (κ2) is 13.1. The van der Waals surface area contributed by atoms with Crippen molar-refractivity contribution in [2.75, 3.05) is 18.5 Å². The van der Waals surface area contributed by atoms with Crippen molar-refractivity contribution in [1.29, 1.82) is 0 Å². The minimum absolute atomic E-state index is 0.00432. The van der Waals surface area contributed by atoms with Gasteiger partial charge in [-0.15, -0.1) is 12.3 Å². The summed E-state index contributed by atoms with van der Waals surface area (Å²) in [7, 11) is 0. The first kappa shape index (κ1) is 22.9. The number of benzene rings is 1. The molecule has 28 heavy (non-hydrogen) atoms. The largest absolute Gasteiger partial charge is 0.480 e. The van der Waals surface area contributed by atoms with Crippen molar-refractivity contribution >= 4 is 29.3 Å². The number of hydrogen-bond acceptors (Lipinski definition) is 6. The molecule has 1 rings (SSSR count). The molecule has 0 atom stereocenters. The molecule has 0 aromatic heterocycles. The minimum Gasteiger partial charge on any atom is -0.480 e. The van der Waals surface area contributed by atoms with Gasteiger partial charge >= 0.3 is 11.9 Å². The summed E-state index contributed by atoms with van der Waals surface area (Å²) in [6.45, 7) is -1.02. The Kier molecular flexibility index (Phi) is 10.7. The number of terminal acetylenes is 1. The fraction of sp³-hybridized carbons (Fsp3) is 0.400. The van der Waals surface area contributed by atoms with Crippen LogP contribution < -0.4 is 5.32 Å². The number of rotatable bonds is 13. The van der Waals surface area contributed by atoms with Crippen LogP contribution in [0.25, 0.3) is 0 Å². The molecule has 1 amide bonds. The van der Waals surface area contributed by atoms with Gasteiger partial charge in [-0.05, 0) is 24.1 Å². The summed E-state index contributed by atoms with van der Waals surface area (Å²) in [5.41, 5.74) is 1.25. The van der Waals surface area contributed by atoms with Crippen molar-refractivity contribution in [3.05, 3.63) is 29.8 Å². The Hall–Kier alpha value is -3.18. The molecule has 0 fully saturated rings. The summed E-state index contributed by atoms with van der Waals surface area (Å²) in [6, 6.07) is 6.64. The number of ketones is 1. The number of hydrogen-bond donors (Lipinski definition) is 2. The van der Waals surface area contributed by atoms with Crippen LogP contribution in [0.5, 0.6) is 0 Å². The van der Waals surface area contributed by atoms with Gasteiger partial charge in [0.05, 0.1) is 0 Å². The minimum atomic E-state index is -1.17. The lowest BCUT2D eigenvalue weighted by atomic mass is 10.1. The van der Waals surface area contributed by atoms with Crippen molar-refractivity contribution in [2.24, 2.45) is 0 Å². The summed E-state index contributed by atoms with van der Waals surface area (Å²) < 4.78 is 9.56. The van der Waals surface area contributed by atoms with E-state index in [0.717, 1.165) is 0 Å². The maximum atomic E-state index is 11.9. The zero-order chi connectivity index (χ0) is 20.8. The molecule has 0 aliphatic rings. The summed E-state index contributed by atoms with van der Waals surface area (Å²) in [6.07, 6.45) is 6.96. The molecule has 0 heterocycles. The zero-order valence-electron chi connectivity index (χ0n) is 15.4. The van der Waals surface area contributed by atoms with Gasteiger partial charge in [0, 0.05) is 31.4 Å². The van der Waals surface area contributed by atoms with Gasteiger partial charge in [0.2, 0.25) is 5.91 Å². The summed E-state index contributed by atoms with van der Waals surface area (Å²) in [4.78, 5) is 45.1. The van der Waals surface area contributed by atoms with Gasteiger partial charge in [-0.3, -0.25) is 9.59 Å². The molecule has 0 radical (unpaired) electrons. The van der Waals surface area contributed by atoms with E-state index in [1.54, 1.807) is 24.3 Å². The Labute approximate surface area is 163 Å². The first-order chi connectivity index (χ1) is 13.4. The number of anilines is 1. The van der Waals surface area contributed by atoms with Crippen LogP contribution in [0, 0.1) is 12.3 Å². The number of ether oxygens (including phenoxy) is 2. The molecule has 0 spiro atoms. The molecule has 0 saturated carbocycles. The van der Waals surface area contributed by atoms with Crippen LogP contribution in [0.3, 0.4) is 0 Å². The fourth-order valence-electron chi connectivity index (χ4n) is 2.10. The predicted molar refractivity (Wildman–Crippen MR) is 100 cm³/mol. The fourth-order valence-corrected chi connectivity index (χ4v) is 2.10. The average Bonchev–Trinajstić information content (AvgIpc) is 2.66. The molecule has 150 valence electrons. The molecule has 0 aliphatic heterocycles. The number of Topliss-reactive ketones (excluding diaryl/α,β-unsaturated/α-hetero) is 1. The van der Waals surface area contributed by atoms with Crippen LogP contribution >= 0.6 is 0 Å². The third-order valence-electron chi connectivity index (χ3n) is 3.49. The lowest BCUT2D eigenvalue weighted by Crippen LogP contribution is -2.16. The topological polar surface area (TPSA) is 119 Å². The molecule has 2 N–H and O–H groups in total. The number of aliphatic carboxylic acids is 1. The van der Waals surface area contributed by atoms with E-state index in [0.29, 0.717) is 30.5 Å². The van der Waals surface area contributed by atoms with Gasteiger partial charge in [-0.2, -0.15) is 0 Å². The molecule has 0 unspecified atom stereocenters. The first-order valence-electron chi connectivity index (χ1n) is 8.70. The number of esters is 1. The monoisotopic (exact) mass is 389 g/mol. The Balaban J connectivity index is 2.29. The molecule has 0 saturated heterocycles. The summed E-state index contributed by atoms with van der Waals surface area (Å²) in [5, 5.41) is 11.1. The molecular weight excluding hydrogens is 366 g/mol. The molecule has 8 nitrogen and oxygen atoms in total. The normalized spacial score (nSPS) is 9.96. The second-order valence-electron chi connectivity index (χ2n) is 5.89. The van der Waals surface area contributed by atoms with Crippen LogP contribution in [0.2, 0.25) is 0 Å². The number of carboxylic acid groups (broad SMARTS) is 1. The number of carbonyl (C=O) groups is 4. The van der Waals surface area contributed by atoms with Crippen LogP contribution in [-0.4, -0.2) is 41.9 Å². The van der Waals surface area contributed by atoms with E-state index in [9.17, 15) is 19.2 Å². The van der Waals surface area contributed by atoms with Crippen LogP contribution in [0.15, 0.2) is 24.3 Å². The molecule has 0 aliphatic carbocycles. The van der Waals surface area contributed by atoms with Gasteiger partial charge in [0.15, 0.2) is 0 Å². The molecular formula is C20H23NO7. The smallest absolute Gasteiger partial charge is 0.332 e. The predicted octanol–water partition coefficient (Wildman–Crippen LogP) is 1.92. The first-order valence-corrected chi connectivity index (χ1v) is 8.70. The van der Waals surface area contributed by atoms with Crippen LogP contribution in [-0.2, 0) is 35.3 Å². The van der Waals surface area contributed by atoms with E-state index >= 15 is 0 Å². The molecule has 0 bridgehead atoms. The van der Waals surface area contributed by atoms with Crippen molar-refractivity contribution in [2.45, 2.75) is 38.7 Å². The van der Waals surface area contributed by atoms with E-state index in [1.165, 1.54) is 0 Å². The molecule has 1 aromatic carbocycles. The van der Waals surface area contributed by atoms with Gasteiger partial charge in [0.25, 0.3) is 0 Å². The highest BCUT2D eigenvalue weighted by atomic mass is 16.6. The number of carboxylic acids is 1. The SMILES string of the molecule is C#CCCCC(=O)CCC(=O)Nc1ccc(COC(=O)COCC(=O)O)cc1. The highest BCUT2D eigenvalue weighted by Crippen LogP contribution is 2.12. The van der Waals surface area contributed by atoms with Crippen LogP contribution in [0.1, 0.15) is 37.7 Å². The Morgan fingerprint density at radius 2 is 1.75 bits per heavy atom. The average molecular weight is 389 g/mol. The van der Waals surface area contributed by atoms with Crippen molar-refractivity contribution in [3.8, 4) is 12.3 Å². The van der Waals surface area contributed by atoms with Crippen molar-refractivity contribution in [1.82, 2.24) is 0 Å². The summed E-state index contributed by atoms with van der Waals surface area (Å²) >= 11 is 0. The van der Waals surface area contributed by atoms with E-state index < -0.39 is 25.2 Å². The summed E-state index contributed by atoms with van der Waals surface area (Å²) in [5.74, 6) is 0.369. The van der Waals surface area contributed by atoms with Gasteiger partial charge in [-0.25, -0.2) is 9.59 Å². The number of unbranched alkanes of at least 4 members (excludes halogenated alkanes) is 1. The lowest BCUT2D eigenvalue weighted by Gasteiger charge is -2.08. The second-order valence-corrected chi connectivity index (χ2v) is 5.89. The van der Waals surface area contributed by atoms with E-state index in [4.69, 9.17) is 16.3 Å². The number of carbonyl (C=O) groups excluding carboxylic acids is 3. The highest BCUT2D eigenvalue weighted by Gasteiger charge is 2.08. The van der Waals surface area contributed by atoms with Gasteiger partial charge in [0.1, 0.15) is 25.6 Å². The molecule has 8 heteroatoms. The number of nitrogens with one attached hydrogen (secondary N) is 1. The quantitative estimate of drug-likeness (QED) is 0.300.